The molecule has 5 nitrogen and oxygen atoms in total. The van der Waals surface area contributed by atoms with Gasteiger partial charge in [-0.25, -0.2) is 4.98 Å². The summed E-state index contributed by atoms with van der Waals surface area (Å²) in [5, 5.41) is 5.54. The highest BCUT2D eigenvalue weighted by molar-refractivity contribution is 7.09. The van der Waals surface area contributed by atoms with E-state index in [9.17, 15) is 9.59 Å². The molecular weight excluding hydrogens is 358 g/mol. The molecule has 0 saturated heterocycles. The number of rotatable bonds is 14. The minimum atomic E-state index is -0.119. The van der Waals surface area contributed by atoms with Crippen molar-refractivity contribution in [3.8, 4) is 0 Å². The molecule has 1 heterocycles. The monoisotopic (exact) mass is 395 g/mol. The molecule has 0 saturated carbocycles. The molecule has 6 heteroatoms. The molecule has 0 spiro atoms. The molecule has 1 N–H and O–H groups in total. The van der Waals surface area contributed by atoms with Gasteiger partial charge in [0.05, 0.1) is 6.54 Å². The van der Waals surface area contributed by atoms with Crippen molar-refractivity contribution in [3.63, 3.8) is 0 Å². The van der Waals surface area contributed by atoms with E-state index in [0.29, 0.717) is 18.8 Å². The average molecular weight is 396 g/mol. The molecule has 0 aromatic carbocycles. The van der Waals surface area contributed by atoms with Gasteiger partial charge in [-0.05, 0) is 25.7 Å². The summed E-state index contributed by atoms with van der Waals surface area (Å²) < 4.78 is 0. The van der Waals surface area contributed by atoms with E-state index in [1.807, 2.05) is 4.90 Å². The Kier molecular flexibility index (Phi) is 12.0. The summed E-state index contributed by atoms with van der Waals surface area (Å²) in [4.78, 5) is 31.6. The molecule has 0 aliphatic heterocycles. The van der Waals surface area contributed by atoms with Crippen LogP contribution in [0.2, 0.25) is 0 Å². The predicted octanol–water partition coefficient (Wildman–Crippen LogP) is 5.02. The molecule has 0 aliphatic carbocycles. The molecule has 154 valence electrons. The maximum Gasteiger partial charge on any atom is 0.270 e. The minimum absolute atomic E-state index is 0.0959. The SMILES string of the molecule is CCCCNC(=O)c1csc(CN(CCCC)C(=O)C(CC)CCCC)n1. The molecule has 0 bridgehead atoms. The normalized spacial score (nSPS) is 12.0. The van der Waals surface area contributed by atoms with Crippen LogP contribution in [0.3, 0.4) is 0 Å². The van der Waals surface area contributed by atoms with Gasteiger partial charge in [0, 0.05) is 24.4 Å². The van der Waals surface area contributed by atoms with Crippen LogP contribution >= 0.6 is 11.3 Å². The van der Waals surface area contributed by atoms with Gasteiger partial charge in [-0.2, -0.15) is 0 Å². The van der Waals surface area contributed by atoms with Crippen molar-refractivity contribution in [2.75, 3.05) is 13.1 Å². The lowest BCUT2D eigenvalue weighted by Crippen LogP contribution is -2.36. The van der Waals surface area contributed by atoms with E-state index in [0.717, 1.165) is 62.9 Å². The van der Waals surface area contributed by atoms with Crippen LogP contribution in [-0.4, -0.2) is 34.8 Å². The van der Waals surface area contributed by atoms with Gasteiger partial charge in [-0.3, -0.25) is 9.59 Å². The van der Waals surface area contributed by atoms with Crippen LogP contribution < -0.4 is 5.32 Å². The fraction of sp³-hybridized carbons (Fsp3) is 0.762. The summed E-state index contributed by atoms with van der Waals surface area (Å²) in [7, 11) is 0. The summed E-state index contributed by atoms with van der Waals surface area (Å²) in [6, 6.07) is 0. The molecule has 0 fully saturated rings. The van der Waals surface area contributed by atoms with Crippen LogP contribution in [0.15, 0.2) is 5.38 Å². The number of aromatic nitrogens is 1. The molecular formula is C21H37N3O2S. The van der Waals surface area contributed by atoms with E-state index in [1.165, 1.54) is 11.3 Å². The Morgan fingerprint density at radius 1 is 1.11 bits per heavy atom. The van der Waals surface area contributed by atoms with Gasteiger partial charge in [-0.15, -0.1) is 11.3 Å². The highest BCUT2D eigenvalue weighted by atomic mass is 32.1. The average Bonchev–Trinajstić information content (AvgIpc) is 3.14. The molecule has 1 unspecified atom stereocenters. The zero-order valence-corrected chi connectivity index (χ0v) is 18.4. The maximum atomic E-state index is 13.0. The first kappa shape index (κ1) is 23.6. The van der Waals surface area contributed by atoms with Gasteiger partial charge < -0.3 is 10.2 Å². The fourth-order valence-corrected chi connectivity index (χ4v) is 3.74. The van der Waals surface area contributed by atoms with E-state index in [1.54, 1.807) is 5.38 Å². The highest BCUT2D eigenvalue weighted by Crippen LogP contribution is 2.20. The third kappa shape index (κ3) is 8.41. The lowest BCUT2D eigenvalue weighted by molar-refractivity contribution is -0.136. The van der Waals surface area contributed by atoms with Crippen molar-refractivity contribution in [1.82, 2.24) is 15.2 Å². The summed E-state index contributed by atoms with van der Waals surface area (Å²) in [5.74, 6) is 0.217. The first-order chi connectivity index (χ1) is 13.1. The second kappa shape index (κ2) is 13.7. The van der Waals surface area contributed by atoms with Crippen molar-refractivity contribution in [2.45, 2.75) is 85.6 Å². The van der Waals surface area contributed by atoms with Gasteiger partial charge in [0.25, 0.3) is 5.91 Å². The summed E-state index contributed by atoms with van der Waals surface area (Å²) in [5.41, 5.74) is 0.465. The molecule has 1 aromatic rings. The Hall–Kier alpha value is -1.43. The molecule has 0 radical (unpaired) electrons. The largest absolute Gasteiger partial charge is 0.351 e. The van der Waals surface area contributed by atoms with E-state index in [-0.39, 0.29) is 17.7 Å². The van der Waals surface area contributed by atoms with Crippen LogP contribution in [0, 0.1) is 5.92 Å². The third-order valence-electron chi connectivity index (χ3n) is 4.77. The van der Waals surface area contributed by atoms with E-state index >= 15 is 0 Å². The number of carbonyl (C=O) groups excluding carboxylic acids is 2. The number of nitrogens with one attached hydrogen (secondary N) is 1. The summed E-state index contributed by atoms with van der Waals surface area (Å²) in [6.07, 6.45) is 8.10. The van der Waals surface area contributed by atoms with Gasteiger partial charge in [-0.1, -0.05) is 53.4 Å². The molecule has 1 aromatic heterocycles. The molecule has 1 atom stereocenters. The standard InChI is InChI=1S/C21H37N3O2S/c1-5-9-12-17(8-4)21(26)24(14-11-7-3)15-19-23-18(16-27-19)20(25)22-13-10-6-2/h16-17H,5-15H2,1-4H3,(H,22,25). The predicted molar refractivity (Wildman–Crippen MR) is 113 cm³/mol. The van der Waals surface area contributed by atoms with Gasteiger partial charge >= 0.3 is 0 Å². The van der Waals surface area contributed by atoms with Gasteiger partial charge in [0.15, 0.2) is 0 Å². The number of nitrogens with zero attached hydrogens (tertiary/aromatic N) is 2. The van der Waals surface area contributed by atoms with Crippen molar-refractivity contribution < 1.29 is 9.59 Å². The maximum absolute atomic E-state index is 13.0. The Morgan fingerprint density at radius 2 is 1.81 bits per heavy atom. The van der Waals surface area contributed by atoms with Crippen molar-refractivity contribution in [2.24, 2.45) is 5.92 Å². The zero-order valence-electron chi connectivity index (χ0n) is 17.6. The molecule has 2 amide bonds. The number of carbonyl (C=O) groups is 2. The van der Waals surface area contributed by atoms with Crippen LogP contribution in [0.1, 0.15) is 94.6 Å². The third-order valence-corrected chi connectivity index (χ3v) is 5.60. The Bertz CT molecular complexity index is 559. The number of hydrogen-bond acceptors (Lipinski definition) is 4. The lowest BCUT2D eigenvalue weighted by atomic mass is 9.97. The smallest absolute Gasteiger partial charge is 0.270 e. The topological polar surface area (TPSA) is 62.3 Å². The molecule has 0 aliphatic rings. The van der Waals surface area contributed by atoms with Crippen molar-refractivity contribution in [3.05, 3.63) is 16.1 Å². The fourth-order valence-electron chi connectivity index (χ4n) is 2.95. The van der Waals surface area contributed by atoms with Gasteiger partial charge in [0.2, 0.25) is 5.91 Å². The van der Waals surface area contributed by atoms with E-state index in [2.05, 4.69) is 38.0 Å². The Morgan fingerprint density at radius 3 is 2.44 bits per heavy atom. The quantitative estimate of drug-likeness (QED) is 0.450. The summed E-state index contributed by atoms with van der Waals surface area (Å²) >= 11 is 1.47. The van der Waals surface area contributed by atoms with Crippen molar-refractivity contribution in [1.29, 1.82) is 0 Å². The second-order valence-corrected chi connectivity index (χ2v) is 8.04. The zero-order chi connectivity index (χ0) is 20.1. The minimum Gasteiger partial charge on any atom is -0.351 e. The van der Waals surface area contributed by atoms with E-state index in [4.69, 9.17) is 0 Å². The lowest BCUT2D eigenvalue weighted by Gasteiger charge is -2.26. The summed E-state index contributed by atoms with van der Waals surface area (Å²) in [6.45, 7) is 10.4. The Balaban J connectivity index is 2.75. The number of amides is 2. The van der Waals surface area contributed by atoms with Crippen LogP contribution in [0.4, 0.5) is 0 Å². The first-order valence-electron chi connectivity index (χ1n) is 10.6. The van der Waals surface area contributed by atoms with Crippen molar-refractivity contribution >= 4 is 23.2 Å². The van der Waals surface area contributed by atoms with Crippen LogP contribution in [-0.2, 0) is 11.3 Å². The second-order valence-electron chi connectivity index (χ2n) is 7.10. The number of thiazole rings is 1. The van der Waals surface area contributed by atoms with Crippen LogP contribution in [0.25, 0.3) is 0 Å². The van der Waals surface area contributed by atoms with E-state index < -0.39 is 0 Å². The number of hydrogen-bond donors (Lipinski definition) is 1. The number of unbranched alkanes of at least 4 members (excludes halogenated alkanes) is 3. The highest BCUT2D eigenvalue weighted by Gasteiger charge is 2.23. The molecule has 27 heavy (non-hydrogen) atoms. The van der Waals surface area contributed by atoms with Crippen LogP contribution in [0.5, 0.6) is 0 Å². The molecule has 1 rings (SSSR count). The van der Waals surface area contributed by atoms with Gasteiger partial charge in [0.1, 0.15) is 10.7 Å². The Labute approximate surface area is 168 Å². The first-order valence-corrected chi connectivity index (χ1v) is 11.5.